The Morgan fingerprint density at radius 1 is 1.62 bits per heavy atom. The van der Waals surface area contributed by atoms with Crippen molar-refractivity contribution in [3.63, 3.8) is 0 Å². The smallest absolute Gasteiger partial charge is 0.316 e. The van der Waals surface area contributed by atoms with Gasteiger partial charge in [0.1, 0.15) is 5.84 Å². The first kappa shape index (κ1) is 9.24. The van der Waals surface area contributed by atoms with E-state index < -0.39 is 0 Å². The van der Waals surface area contributed by atoms with Crippen LogP contribution in [0.1, 0.15) is 5.56 Å². The minimum atomic E-state index is 0.119. The molecule has 70 valence electrons. The van der Waals surface area contributed by atoms with Gasteiger partial charge in [-0.25, -0.2) is 9.97 Å². The number of hydrogen-bond donors (Lipinski definition) is 2. The maximum atomic E-state index is 8.29. The molecule has 6 nitrogen and oxygen atoms in total. The van der Waals surface area contributed by atoms with Gasteiger partial charge < -0.3 is 15.7 Å². The highest BCUT2D eigenvalue weighted by Crippen LogP contribution is 2.01. The Balaban J connectivity index is 2.69. The van der Waals surface area contributed by atoms with Crippen molar-refractivity contribution in [2.75, 3.05) is 7.11 Å². The summed E-state index contributed by atoms with van der Waals surface area (Å²) in [5.41, 5.74) is 6.05. The van der Waals surface area contributed by atoms with Crippen molar-refractivity contribution in [1.29, 1.82) is 0 Å². The molecule has 0 radical (unpaired) electrons. The summed E-state index contributed by atoms with van der Waals surface area (Å²) in [5.74, 6) is 0.119. The zero-order chi connectivity index (χ0) is 9.68. The first-order chi connectivity index (χ1) is 6.26. The molecule has 0 aliphatic rings. The van der Waals surface area contributed by atoms with E-state index in [9.17, 15) is 0 Å². The van der Waals surface area contributed by atoms with E-state index >= 15 is 0 Å². The van der Waals surface area contributed by atoms with Crippen LogP contribution >= 0.6 is 0 Å². The molecule has 0 saturated carbocycles. The topological polar surface area (TPSA) is 93.6 Å². The highest BCUT2D eigenvalue weighted by Gasteiger charge is 1.99. The highest BCUT2D eigenvalue weighted by atomic mass is 16.5. The zero-order valence-electron chi connectivity index (χ0n) is 7.14. The molecule has 1 rings (SSSR count). The van der Waals surface area contributed by atoms with Gasteiger partial charge in [-0.15, -0.1) is 0 Å². The van der Waals surface area contributed by atoms with Crippen LogP contribution in [0.2, 0.25) is 0 Å². The monoisotopic (exact) mass is 182 g/mol. The van der Waals surface area contributed by atoms with Crippen LogP contribution in [0.4, 0.5) is 0 Å². The van der Waals surface area contributed by atoms with E-state index in [0.29, 0.717) is 12.4 Å². The van der Waals surface area contributed by atoms with Crippen LogP contribution in [0, 0.1) is 0 Å². The molecular formula is C7H10N4O2. The van der Waals surface area contributed by atoms with Crippen molar-refractivity contribution < 1.29 is 9.94 Å². The average Bonchev–Trinajstić information content (AvgIpc) is 2.19. The molecule has 0 spiro atoms. The molecule has 0 aliphatic heterocycles. The van der Waals surface area contributed by atoms with Gasteiger partial charge in [-0.3, -0.25) is 0 Å². The van der Waals surface area contributed by atoms with E-state index in [1.165, 1.54) is 7.11 Å². The molecule has 0 fully saturated rings. The van der Waals surface area contributed by atoms with E-state index in [4.69, 9.17) is 15.7 Å². The van der Waals surface area contributed by atoms with Crippen molar-refractivity contribution in [1.82, 2.24) is 9.97 Å². The molecule has 0 unspecified atom stereocenters. The normalized spacial score (nSPS) is 11.3. The zero-order valence-corrected chi connectivity index (χ0v) is 7.14. The van der Waals surface area contributed by atoms with E-state index in [-0.39, 0.29) is 5.84 Å². The summed E-state index contributed by atoms with van der Waals surface area (Å²) in [6.45, 7) is 0. The lowest BCUT2D eigenvalue weighted by molar-refractivity contribution is 0.317. The van der Waals surface area contributed by atoms with Gasteiger partial charge in [0.2, 0.25) is 0 Å². The van der Waals surface area contributed by atoms with E-state index in [2.05, 4.69) is 15.1 Å². The third-order valence-electron chi connectivity index (χ3n) is 1.38. The molecule has 1 heterocycles. The number of hydrogen-bond acceptors (Lipinski definition) is 5. The SMILES string of the molecule is COc1ncc(C/C(N)=N/O)cn1. The molecule has 0 atom stereocenters. The van der Waals surface area contributed by atoms with Crippen LogP contribution < -0.4 is 10.5 Å². The van der Waals surface area contributed by atoms with Crippen molar-refractivity contribution in [2.45, 2.75) is 6.42 Å². The van der Waals surface area contributed by atoms with Gasteiger partial charge in [0, 0.05) is 18.8 Å². The quantitative estimate of drug-likeness (QED) is 0.291. The summed E-state index contributed by atoms with van der Waals surface area (Å²) >= 11 is 0. The molecule has 0 amide bonds. The Hall–Kier alpha value is -1.85. The largest absolute Gasteiger partial charge is 0.467 e. The lowest BCUT2D eigenvalue weighted by Crippen LogP contribution is -2.14. The number of nitrogens with zero attached hydrogens (tertiary/aromatic N) is 3. The number of ether oxygens (including phenoxy) is 1. The van der Waals surface area contributed by atoms with E-state index in [1.54, 1.807) is 12.4 Å². The summed E-state index contributed by atoms with van der Waals surface area (Å²) in [4.78, 5) is 7.72. The molecule has 0 saturated heterocycles. The van der Waals surface area contributed by atoms with Crippen molar-refractivity contribution >= 4 is 5.84 Å². The van der Waals surface area contributed by atoms with Gasteiger partial charge >= 0.3 is 6.01 Å². The summed E-state index contributed by atoms with van der Waals surface area (Å²) in [5, 5.41) is 11.1. The molecule has 1 aromatic heterocycles. The van der Waals surface area contributed by atoms with Crippen molar-refractivity contribution in [2.24, 2.45) is 10.9 Å². The number of rotatable bonds is 3. The van der Waals surface area contributed by atoms with Crippen LogP contribution in [0.5, 0.6) is 6.01 Å². The van der Waals surface area contributed by atoms with Gasteiger partial charge in [0.15, 0.2) is 0 Å². The van der Waals surface area contributed by atoms with Crippen LogP contribution in [0.15, 0.2) is 17.5 Å². The molecule has 0 bridgehead atoms. The summed E-state index contributed by atoms with van der Waals surface area (Å²) in [6, 6.07) is 0.295. The Bertz CT molecular complexity index is 296. The highest BCUT2D eigenvalue weighted by molar-refractivity contribution is 5.81. The van der Waals surface area contributed by atoms with Crippen LogP contribution in [-0.2, 0) is 6.42 Å². The molecule has 6 heteroatoms. The third-order valence-corrected chi connectivity index (χ3v) is 1.38. The van der Waals surface area contributed by atoms with E-state index in [1.807, 2.05) is 0 Å². The van der Waals surface area contributed by atoms with Crippen molar-refractivity contribution in [3.8, 4) is 6.01 Å². The van der Waals surface area contributed by atoms with Crippen molar-refractivity contribution in [3.05, 3.63) is 18.0 Å². The molecule has 0 aromatic carbocycles. The third kappa shape index (κ3) is 2.58. The second-order valence-electron chi connectivity index (χ2n) is 2.35. The molecule has 3 N–H and O–H groups in total. The van der Waals surface area contributed by atoms with Gasteiger partial charge in [0.25, 0.3) is 0 Å². The predicted octanol–water partition coefficient (Wildman–Crippen LogP) is -0.226. The standard InChI is InChI=1S/C7H10N4O2/c1-13-7-9-3-5(4-10-7)2-6(8)11-12/h3-4,12H,2H2,1H3,(H2,8,11). The van der Waals surface area contributed by atoms with Gasteiger partial charge in [0.05, 0.1) is 7.11 Å². The van der Waals surface area contributed by atoms with E-state index in [0.717, 1.165) is 5.56 Å². The maximum Gasteiger partial charge on any atom is 0.316 e. The molecular weight excluding hydrogens is 172 g/mol. The van der Waals surface area contributed by atoms with Gasteiger partial charge in [-0.05, 0) is 5.56 Å². The molecule has 1 aromatic rings. The Morgan fingerprint density at radius 3 is 2.69 bits per heavy atom. The Labute approximate surface area is 75.1 Å². The second-order valence-corrected chi connectivity index (χ2v) is 2.35. The first-order valence-corrected chi connectivity index (χ1v) is 3.57. The molecule has 0 aliphatic carbocycles. The lowest BCUT2D eigenvalue weighted by Gasteiger charge is -1.99. The average molecular weight is 182 g/mol. The van der Waals surface area contributed by atoms with Crippen LogP contribution in [0.25, 0.3) is 0 Å². The fraction of sp³-hybridized carbons (Fsp3) is 0.286. The number of amidine groups is 1. The second kappa shape index (κ2) is 4.24. The fourth-order valence-electron chi connectivity index (χ4n) is 0.784. The predicted molar refractivity (Wildman–Crippen MR) is 45.7 cm³/mol. The van der Waals surface area contributed by atoms with Crippen LogP contribution in [-0.4, -0.2) is 28.1 Å². The van der Waals surface area contributed by atoms with Gasteiger partial charge in [-0.1, -0.05) is 5.16 Å². The minimum Gasteiger partial charge on any atom is -0.467 e. The Morgan fingerprint density at radius 2 is 2.23 bits per heavy atom. The summed E-state index contributed by atoms with van der Waals surface area (Å²) < 4.78 is 4.77. The number of methoxy groups -OCH3 is 1. The lowest BCUT2D eigenvalue weighted by atomic mass is 10.2. The maximum absolute atomic E-state index is 8.29. The number of oxime groups is 1. The summed E-state index contributed by atoms with van der Waals surface area (Å²) in [6.07, 6.45) is 3.44. The number of nitrogens with two attached hydrogens (primary N) is 1. The van der Waals surface area contributed by atoms with Crippen LogP contribution in [0.3, 0.4) is 0 Å². The summed E-state index contributed by atoms with van der Waals surface area (Å²) in [7, 11) is 1.48. The minimum absolute atomic E-state index is 0.119. The van der Waals surface area contributed by atoms with Gasteiger partial charge in [-0.2, -0.15) is 0 Å². The fourth-order valence-corrected chi connectivity index (χ4v) is 0.784. The number of aromatic nitrogens is 2. The first-order valence-electron chi connectivity index (χ1n) is 3.57. The Kier molecular flexibility index (Phi) is 3.02. The molecule has 13 heavy (non-hydrogen) atoms.